The summed E-state index contributed by atoms with van der Waals surface area (Å²) in [4.78, 5) is 10.6. The van der Waals surface area contributed by atoms with Crippen LogP contribution < -0.4 is 11.1 Å². The summed E-state index contributed by atoms with van der Waals surface area (Å²) in [6.45, 7) is 5.42. The second kappa shape index (κ2) is 4.07. The van der Waals surface area contributed by atoms with Crippen molar-refractivity contribution < 1.29 is 4.79 Å². The van der Waals surface area contributed by atoms with E-state index in [9.17, 15) is 4.79 Å². The summed E-state index contributed by atoms with van der Waals surface area (Å²) in [6, 6.07) is 1.77. The van der Waals surface area contributed by atoms with Crippen LogP contribution in [0.5, 0.6) is 0 Å². The summed E-state index contributed by atoms with van der Waals surface area (Å²) in [5.41, 5.74) is 4.63. The molecule has 0 rings (SSSR count). The molecule has 0 aliphatic rings. The van der Waals surface area contributed by atoms with E-state index in [0.29, 0.717) is 0 Å². The Kier molecular flexibility index (Phi) is 3.71. The molecule has 0 aliphatic carbocycles. The third-order valence-corrected chi connectivity index (χ3v) is 1.42. The highest BCUT2D eigenvalue weighted by atomic mass is 16.1. The van der Waals surface area contributed by atoms with Gasteiger partial charge in [-0.05, 0) is 20.8 Å². The Morgan fingerprint density at radius 3 is 2.58 bits per heavy atom. The van der Waals surface area contributed by atoms with Crippen molar-refractivity contribution in [1.82, 2.24) is 5.32 Å². The van der Waals surface area contributed by atoms with Crippen molar-refractivity contribution in [3.05, 3.63) is 0 Å². The Labute approximate surface area is 72.7 Å². The number of rotatable bonds is 4. The molecule has 0 fully saturated rings. The standard InChI is InChI=1S/C8H15N3O/c1-6(5-9)11-8(2,3)4-7(10)12/h6,11H,4H2,1-3H3,(H2,10,12). The number of carbonyl (C=O) groups is 1. The minimum absolute atomic E-state index is 0.235. The molecule has 4 nitrogen and oxygen atoms in total. The van der Waals surface area contributed by atoms with Crippen molar-refractivity contribution in [2.75, 3.05) is 0 Å². The number of nitrogens with one attached hydrogen (secondary N) is 1. The molecule has 0 aromatic heterocycles. The SMILES string of the molecule is CC(C#N)NC(C)(C)CC(N)=O. The highest BCUT2D eigenvalue weighted by molar-refractivity contribution is 5.75. The van der Waals surface area contributed by atoms with Crippen molar-refractivity contribution in [2.24, 2.45) is 5.73 Å². The van der Waals surface area contributed by atoms with E-state index in [1.54, 1.807) is 6.92 Å². The number of nitrogens with zero attached hydrogens (tertiary/aromatic N) is 1. The number of hydrogen-bond acceptors (Lipinski definition) is 3. The van der Waals surface area contributed by atoms with E-state index < -0.39 is 5.54 Å². The molecular weight excluding hydrogens is 154 g/mol. The van der Waals surface area contributed by atoms with Crippen LogP contribution in [-0.2, 0) is 4.79 Å². The first-order valence-electron chi connectivity index (χ1n) is 3.83. The van der Waals surface area contributed by atoms with Gasteiger partial charge in [-0.1, -0.05) is 0 Å². The van der Waals surface area contributed by atoms with Crippen molar-refractivity contribution in [2.45, 2.75) is 38.8 Å². The Morgan fingerprint density at radius 2 is 2.25 bits per heavy atom. The second-order valence-corrected chi connectivity index (χ2v) is 3.52. The fourth-order valence-corrected chi connectivity index (χ4v) is 1.10. The number of hydrogen-bond donors (Lipinski definition) is 2. The molecule has 1 unspecified atom stereocenters. The summed E-state index contributed by atoms with van der Waals surface area (Å²) >= 11 is 0. The zero-order chi connectivity index (χ0) is 9.78. The first kappa shape index (κ1) is 10.9. The van der Waals surface area contributed by atoms with Crippen LogP contribution in [0.15, 0.2) is 0 Å². The van der Waals surface area contributed by atoms with Crippen molar-refractivity contribution in [1.29, 1.82) is 5.26 Å². The van der Waals surface area contributed by atoms with Gasteiger partial charge in [-0.15, -0.1) is 0 Å². The van der Waals surface area contributed by atoms with Crippen LogP contribution in [-0.4, -0.2) is 17.5 Å². The Bertz CT molecular complexity index is 205. The molecule has 0 saturated carbocycles. The van der Waals surface area contributed by atoms with Crippen LogP contribution in [0, 0.1) is 11.3 Å². The topological polar surface area (TPSA) is 78.9 Å². The normalized spacial score (nSPS) is 13.5. The lowest BCUT2D eigenvalue weighted by atomic mass is 9.99. The summed E-state index contributed by atoms with van der Waals surface area (Å²) in [5, 5.41) is 11.5. The molecule has 1 amide bonds. The number of primary amides is 1. The van der Waals surface area contributed by atoms with Gasteiger partial charge in [0.25, 0.3) is 0 Å². The summed E-state index contributed by atoms with van der Waals surface area (Å²) < 4.78 is 0. The first-order chi connectivity index (χ1) is 5.37. The quantitative estimate of drug-likeness (QED) is 0.628. The van der Waals surface area contributed by atoms with Gasteiger partial charge in [0.2, 0.25) is 5.91 Å². The molecule has 0 aliphatic heterocycles. The Balaban J connectivity index is 4.05. The van der Waals surface area contributed by atoms with Gasteiger partial charge < -0.3 is 5.73 Å². The molecule has 0 heterocycles. The van der Waals surface area contributed by atoms with Crippen LogP contribution >= 0.6 is 0 Å². The van der Waals surface area contributed by atoms with Crippen LogP contribution in [0.25, 0.3) is 0 Å². The smallest absolute Gasteiger partial charge is 0.219 e. The lowest BCUT2D eigenvalue weighted by molar-refractivity contribution is -0.119. The maximum absolute atomic E-state index is 10.6. The van der Waals surface area contributed by atoms with Crippen LogP contribution in [0.2, 0.25) is 0 Å². The minimum Gasteiger partial charge on any atom is -0.370 e. The van der Waals surface area contributed by atoms with E-state index >= 15 is 0 Å². The monoisotopic (exact) mass is 169 g/mol. The molecule has 0 spiro atoms. The maximum atomic E-state index is 10.6. The van der Waals surface area contributed by atoms with E-state index in [2.05, 4.69) is 5.32 Å². The Morgan fingerprint density at radius 1 is 1.75 bits per heavy atom. The number of nitrogens with two attached hydrogens (primary N) is 1. The summed E-state index contributed by atoms with van der Waals surface area (Å²) in [7, 11) is 0. The van der Waals surface area contributed by atoms with Crippen molar-refractivity contribution >= 4 is 5.91 Å². The molecule has 1 atom stereocenters. The minimum atomic E-state index is -0.402. The predicted octanol–water partition coefficient (Wildman–Crippen LogP) is 0.142. The summed E-state index contributed by atoms with van der Waals surface area (Å²) in [6.07, 6.45) is 0.235. The van der Waals surface area contributed by atoms with E-state index in [1.165, 1.54) is 0 Å². The van der Waals surface area contributed by atoms with Crippen LogP contribution in [0.1, 0.15) is 27.2 Å². The highest BCUT2D eigenvalue weighted by Gasteiger charge is 2.21. The van der Waals surface area contributed by atoms with Gasteiger partial charge >= 0.3 is 0 Å². The third-order valence-electron chi connectivity index (χ3n) is 1.42. The van der Waals surface area contributed by atoms with E-state index in [-0.39, 0.29) is 18.4 Å². The fraction of sp³-hybridized carbons (Fsp3) is 0.750. The fourth-order valence-electron chi connectivity index (χ4n) is 1.10. The van der Waals surface area contributed by atoms with Crippen LogP contribution in [0.3, 0.4) is 0 Å². The lowest BCUT2D eigenvalue weighted by Gasteiger charge is -2.26. The molecule has 0 saturated heterocycles. The van der Waals surface area contributed by atoms with Crippen LogP contribution in [0.4, 0.5) is 0 Å². The van der Waals surface area contributed by atoms with E-state index in [1.807, 2.05) is 19.9 Å². The number of nitriles is 1. The molecular formula is C8H15N3O. The molecule has 0 aromatic carbocycles. The van der Waals surface area contributed by atoms with Gasteiger partial charge in [0.05, 0.1) is 12.1 Å². The molecule has 68 valence electrons. The maximum Gasteiger partial charge on any atom is 0.219 e. The number of carbonyl (C=O) groups excluding carboxylic acids is 1. The van der Waals surface area contributed by atoms with Gasteiger partial charge in [-0.25, -0.2) is 0 Å². The predicted molar refractivity (Wildman–Crippen MR) is 46.1 cm³/mol. The largest absolute Gasteiger partial charge is 0.370 e. The first-order valence-corrected chi connectivity index (χ1v) is 3.83. The van der Waals surface area contributed by atoms with Crippen molar-refractivity contribution in [3.63, 3.8) is 0 Å². The van der Waals surface area contributed by atoms with Gasteiger partial charge in [-0.2, -0.15) is 5.26 Å². The van der Waals surface area contributed by atoms with Gasteiger partial charge in [0, 0.05) is 12.0 Å². The molecule has 0 radical (unpaired) electrons. The van der Waals surface area contributed by atoms with Gasteiger partial charge in [0.15, 0.2) is 0 Å². The summed E-state index contributed by atoms with van der Waals surface area (Å²) in [5.74, 6) is -0.363. The lowest BCUT2D eigenvalue weighted by Crippen LogP contribution is -2.46. The Hall–Kier alpha value is -1.08. The second-order valence-electron chi connectivity index (χ2n) is 3.52. The average molecular weight is 169 g/mol. The zero-order valence-electron chi connectivity index (χ0n) is 7.72. The average Bonchev–Trinajstić information content (AvgIpc) is 1.83. The molecule has 0 aromatic rings. The van der Waals surface area contributed by atoms with E-state index in [4.69, 9.17) is 11.0 Å². The molecule has 0 bridgehead atoms. The molecule has 4 heteroatoms. The molecule has 3 N–H and O–H groups in total. The third kappa shape index (κ3) is 4.69. The van der Waals surface area contributed by atoms with Gasteiger partial charge in [-0.3, -0.25) is 10.1 Å². The van der Waals surface area contributed by atoms with Gasteiger partial charge in [0.1, 0.15) is 0 Å². The highest BCUT2D eigenvalue weighted by Crippen LogP contribution is 2.08. The van der Waals surface area contributed by atoms with E-state index in [0.717, 1.165) is 0 Å². The molecule has 12 heavy (non-hydrogen) atoms. The zero-order valence-corrected chi connectivity index (χ0v) is 7.72. The van der Waals surface area contributed by atoms with Crippen molar-refractivity contribution in [3.8, 4) is 6.07 Å². The number of amides is 1.